The Morgan fingerprint density at radius 2 is 2.00 bits per heavy atom. The molecule has 1 N–H and O–H groups in total. The number of fused-ring (bicyclic) bond motifs is 1. The van der Waals surface area contributed by atoms with E-state index in [1.807, 2.05) is 44.6 Å². The Balaban J connectivity index is 1.58. The molecule has 0 atom stereocenters. The maximum Gasteiger partial charge on any atom is 0.257 e. The Kier molecular flexibility index (Phi) is 6.26. The Hall–Kier alpha value is -2.55. The van der Waals surface area contributed by atoms with Gasteiger partial charge in [0.1, 0.15) is 5.52 Å². The fourth-order valence-electron chi connectivity index (χ4n) is 3.71. The Morgan fingerprint density at radius 1 is 1.27 bits per heavy atom. The summed E-state index contributed by atoms with van der Waals surface area (Å²) in [5.74, 6) is 0.684. The van der Waals surface area contributed by atoms with E-state index in [1.54, 1.807) is 7.11 Å². The Morgan fingerprint density at radius 3 is 2.67 bits per heavy atom. The van der Waals surface area contributed by atoms with Crippen LogP contribution in [0.1, 0.15) is 40.2 Å². The van der Waals surface area contributed by atoms with E-state index in [1.165, 1.54) is 11.3 Å². The van der Waals surface area contributed by atoms with E-state index in [0.717, 1.165) is 48.4 Å². The summed E-state index contributed by atoms with van der Waals surface area (Å²) in [5.41, 5.74) is 3.61. The van der Waals surface area contributed by atoms with Crippen molar-refractivity contribution in [1.82, 2.24) is 14.9 Å². The predicted octanol–water partition coefficient (Wildman–Crippen LogP) is 3.91. The summed E-state index contributed by atoms with van der Waals surface area (Å²) < 4.78 is 11.9. The molecule has 7 nitrogen and oxygen atoms in total. The lowest BCUT2D eigenvalue weighted by Crippen LogP contribution is -2.14. The molecule has 1 saturated heterocycles. The molecule has 0 aliphatic carbocycles. The molecule has 0 radical (unpaired) electrons. The summed E-state index contributed by atoms with van der Waals surface area (Å²) in [4.78, 5) is 23.9. The van der Waals surface area contributed by atoms with E-state index in [0.29, 0.717) is 28.0 Å². The van der Waals surface area contributed by atoms with E-state index in [2.05, 4.69) is 20.2 Å². The second-order valence-corrected chi connectivity index (χ2v) is 8.69. The zero-order chi connectivity index (χ0) is 21.1. The number of thiazole rings is 1. The molecule has 1 aliphatic heterocycles. The molecule has 4 rings (SSSR count). The number of carbonyl (C=O) groups excluding carboxylic acids is 1. The summed E-state index contributed by atoms with van der Waals surface area (Å²) in [7, 11) is 5.62. The van der Waals surface area contributed by atoms with E-state index in [-0.39, 0.29) is 5.91 Å². The molecule has 3 heterocycles. The van der Waals surface area contributed by atoms with Gasteiger partial charge in [-0.25, -0.2) is 9.97 Å². The molecule has 0 saturated carbocycles. The van der Waals surface area contributed by atoms with E-state index in [9.17, 15) is 4.79 Å². The summed E-state index contributed by atoms with van der Waals surface area (Å²) in [6.45, 7) is 2.34. The van der Waals surface area contributed by atoms with Crippen molar-refractivity contribution < 1.29 is 14.3 Å². The number of benzene rings is 1. The third-order valence-electron chi connectivity index (χ3n) is 5.20. The minimum Gasteiger partial charge on any atom is -0.479 e. The van der Waals surface area contributed by atoms with Crippen molar-refractivity contribution in [2.75, 3.05) is 39.7 Å². The summed E-state index contributed by atoms with van der Waals surface area (Å²) in [5, 5.41) is 3.49. The number of nitrogens with zero attached hydrogens (tertiary/aromatic N) is 3. The molecule has 2 aromatic heterocycles. The highest BCUT2D eigenvalue weighted by molar-refractivity contribution is 7.22. The number of carbonyl (C=O) groups is 1. The normalized spacial score (nSPS) is 14.9. The van der Waals surface area contributed by atoms with Crippen molar-refractivity contribution in [3.8, 4) is 5.88 Å². The number of methoxy groups -OCH3 is 1. The van der Waals surface area contributed by atoms with Crippen LogP contribution in [0, 0.1) is 0 Å². The minimum atomic E-state index is -0.176. The number of nitrogens with one attached hydrogen (secondary N) is 1. The second-order valence-electron chi connectivity index (χ2n) is 7.70. The molecule has 158 valence electrons. The number of hydrogen-bond acceptors (Lipinski definition) is 7. The number of hydrogen-bond donors (Lipinski definition) is 1. The van der Waals surface area contributed by atoms with Crippen LogP contribution in [-0.2, 0) is 11.3 Å². The van der Waals surface area contributed by atoms with Crippen LogP contribution in [0.3, 0.4) is 0 Å². The van der Waals surface area contributed by atoms with Crippen molar-refractivity contribution in [1.29, 1.82) is 0 Å². The standard InChI is InChI=1S/C22H26N4O3S/c1-26(2)13-14-4-6-16(7-5-14)20(27)25-22-24-18-19(30-22)17(12-23-21(18)28-3)15-8-10-29-11-9-15/h4-7,12,15H,8-11,13H2,1-3H3,(H,24,25,27). The van der Waals surface area contributed by atoms with Crippen molar-refractivity contribution in [2.45, 2.75) is 25.3 Å². The van der Waals surface area contributed by atoms with Crippen LogP contribution >= 0.6 is 11.3 Å². The monoisotopic (exact) mass is 426 g/mol. The number of rotatable bonds is 6. The number of ether oxygens (including phenoxy) is 2. The SMILES string of the molecule is COc1ncc(C2CCOCC2)c2sc(NC(=O)c3ccc(CN(C)C)cc3)nc12. The van der Waals surface area contributed by atoms with E-state index in [4.69, 9.17) is 9.47 Å². The van der Waals surface area contributed by atoms with Crippen molar-refractivity contribution in [3.05, 3.63) is 47.2 Å². The molecule has 0 spiro atoms. The van der Waals surface area contributed by atoms with Gasteiger partial charge in [-0.1, -0.05) is 23.5 Å². The topological polar surface area (TPSA) is 76.6 Å². The van der Waals surface area contributed by atoms with Crippen molar-refractivity contribution in [3.63, 3.8) is 0 Å². The van der Waals surface area contributed by atoms with Crippen LogP contribution < -0.4 is 10.1 Å². The molecule has 0 bridgehead atoms. The number of amides is 1. The lowest BCUT2D eigenvalue weighted by molar-refractivity contribution is 0.0855. The first-order valence-electron chi connectivity index (χ1n) is 10.0. The highest BCUT2D eigenvalue weighted by Crippen LogP contribution is 2.39. The highest BCUT2D eigenvalue weighted by atomic mass is 32.1. The van der Waals surface area contributed by atoms with Gasteiger partial charge in [-0.3, -0.25) is 10.1 Å². The molecular formula is C22H26N4O3S. The van der Waals surface area contributed by atoms with Gasteiger partial charge in [0.25, 0.3) is 5.91 Å². The zero-order valence-corrected chi connectivity index (χ0v) is 18.3. The smallest absolute Gasteiger partial charge is 0.257 e. The molecule has 30 heavy (non-hydrogen) atoms. The van der Waals surface area contributed by atoms with Gasteiger partial charge in [-0.2, -0.15) is 0 Å². The van der Waals surface area contributed by atoms with Gasteiger partial charge < -0.3 is 14.4 Å². The largest absolute Gasteiger partial charge is 0.479 e. The minimum absolute atomic E-state index is 0.176. The van der Waals surface area contributed by atoms with Gasteiger partial charge in [0.2, 0.25) is 5.88 Å². The van der Waals surface area contributed by atoms with Crippen LogP contribution in [-0.4, -0.2) is 55.2 Å². The quantitative estimate of drug-likeness (QED) is 0.644. The first-order chi connectivity index (χ1) is 14.5. The molecular weight excluding hydrogens is 400 g/mol. The lowest BCUT2D eigenvalue weighted by atomic mass is 9.93. The highest BCUT2D eigenvalue weighted by Gasteiger charge is 2.23. The average Bonchev–Trinajstić information content (AvgIpc) is 3.17. The molecule has 1 aliphatic rings. The molecule has 0 unspecified atom stereocenters. The number of anilines is 1. The first kappa shape index (κ1) is 20.7. The molecule has 8 heteroatoms. The summed E-state index contributed by atoms with van der Waals surface area (Å²) in [6, 6.07) is 7.64. The van der Waals surface area contributed by atoms with Gasteiger partial charge in [-0.05, 0) is 56.1 Å². The molecule has 1 aromatic carbocycles. The Labute approximate surface area is 180 Å². The van der Waals surface area contributed by atoms with Gasteiger partial charge in [0.05, 0.1) is 11.8 Å². The van der Waals surface area contributed by atoms with Crippen LogP contribution in [0.4, 0.5) is 5.13 Å². The summed E-state index contributed by atoms with van der Waals surface area (Å²) in [6.07, 6.45) is 3.80. The van der Waals surface area contributed by atoms with Crippen LogP contribution in [0.2, 0.25) is 0 Å². The molecule has 3 aromatic rings. The average molecular weight is 427 g/mol. The number of pyridine rings is 1. The lowest BCUT2D eigenvalue weighted by Gasteiger charge is -2.22. The van der Waals surface area contributed by atoms with Gasteiger partial charge in [0.15, 0.2) is 5.13 Å². The van der Waals surface area contributed by atoms with Gasteiger partial charge in [-0.15, -0.1) is 0 Å². The molecule has 1 amide bonds. The van der Waals surface area contributed by atoms with Gasteiger partial charge in [0, 0.05) is 31.5 Å². The third kappa shape index (κ3) is 4.45. The maximum absolute atomic E-state index is 12.7. The van der Waals surface area contributed by atoms with Crippen LogP contribution in [0.15, 0.2) is 30.5 Å². The zero-order valence-electron chi connectivity index (χ0n) is 17.5. The predicted molar refractivity (Wildman–Crippen MR) is 119 cm³/mol. The fourth-order valence-corrected chi connectivity index (χ4v) is 4.75. The third-order valence-corrected chi connectivity index (χ3v) is 6.22. The summed E-state index contributed by atoms with van der Waals surface area (Å²) >= 11 is 1.47. The second kappa shape index (κ2) is 9.07. The van der Waals surface area contributed by atoms with Gasteiger partial charge >= 0.3 is 0 Å². The van der Waals surface area contributed by atoms with Crippen molar-refractivity contribution >= 4 is 32.6 Å². The van der Waals surface area contributed by atoms with E-state index >= 15 is 0 Å². The maximum atomic E-state index is 12.7. The number of aromatic nitrogens is 2. The van der Waals surface area contributed by atoms with Crippen molar-refractivity contribution in [2.24, 2.45) is 0 Å². The molecule has 1 fully saturated rings. The first-order valence-corrected chi connectivity index (χ1v) is 10.8. The Bertz CT molecular complexity index is 1030. The van der Waals surface area contributed by atoms with E-state index < -0.39 is 0 Å². The van der Waals surface area contributed by atoms with Crippen LogP contribution in [0.5, 0.6) is 5.88 Å². The van der Waals surface area contributed by atoms with Crippen LogP contribution in [0.25, 0.3) is 10.2 Å². The fraction of sp³-hybridized carbons (Fsp3) is 0.409.